The predicted molar refractivity (Wildman–Crippen MR) is 109 cm³/mol. The highest BCUT2D eigenvalue weighted by molar-refractivity contribution is 6.35. The molecule has 1 aliphatic rings. The molecule has 1 fully saturated rings. The smallest absolute Gasteiger partial charge is 0.410 e. The van der Waals surface area contributed by atoms with E-state index in [4.69, 9.17) is 27.9 Å². The fraction of sp³-hybridized carbons (Fsp3) is 0.556. The van der Waals surface area contributed by atoms with Gasteiger partial charge in [0.05, 0.1) is 6.54 Å². The Labute approximate surface area is 173 Å². The van der Waals surface area contributed by atoms with Gasteiger partial charge in [0.25, 0.3) is 0 Å². The first-order valence-electron chi connectivity index (χ1n) is 8.91. The molecule has 28 heavy (non-hydrogen) atoms. The van der Waals surface area contributed by atoms with Crippen LogP contribution in [0.5, 0.6) is 0 Å². The molecule has 150 valence electrons. The monoisotopic (exact) mass is 424 g/mol. The molecule has 0 bridgehead atoms. The van der Waals surface area contributed by atoms with Gasteiger partial charge in [-0.1, -0.05) is 17.5 Å². The lowest BCUT2D eigenvalue weighted by atomic mass is 10.2. The second kappa shape index (κ2) is 8.02. The van der Waals surface area contributed by atoms with Gasteiger partial charge in [0.1, 0.15) is 11.1 Å². The van der Waals surface area contributed by atoms with Gasteiger partial charge in [-0.25, -0.2) is 9.78 Å². The molecule has 2 aromatic rings. The maximum absolute atomic E-state index is 12.3. The number of hydrogen-bond acceptors (Lipinski definition) is 6. The van der Waals surface area contributed by atoms with E-state index in [9.17, 15) is 4.79 Å². The molecule has 10 heteroatoms. The van der Waals surface area contributed by atoms with E-state index in [0.717, 1.165) is 0 Å². The van der Waals surface area contributed by atoms with Crippen LogP contribution in [0.15, 0.2) is 0 Å². The van der Waals surface area contributed by atoms with Gasteiger partial charge in [0.2, 0.25) is 11.2 Å². The molecule has 1 aliphatic heterocycles. The number of amides is 1. The second-order valence-corrected chi connectivity index (χ2v) is 8.03. The first-order chi connectivity index (χ1) is 13.2. The number of anilines is 1. The zero-order valence-corrected chi connectivity index (χ0v) is 17.8. The first kappa shape index (κ1) is 20.5. The minimum atomic E-state index is -0.518. The van der Waals surface area contributed by atoms with Gasteiger partial charge < -0.3 is 14.5 Å². The number of imidazole rings is 1. The Morgan fingerprint density at radius 2 is 1.82 bits per heavy atom. The summed E-state index contributed by atoms with van der Waals surface area (Å²) < 4.78 is 7.33. The number of rotatable bonds is 2. The van der Waals surface area contributed by atoms with Crippen molar-refractivity contribution in [2.75, 3.05) is 31.1 Å². The number of hydrogen-bond donors (Lipinski definition) is 0. The molecule has 0 aliphatic carbocycles. The average Bonchev–Trinajstić information content (AvgIpc) is 2.97. The van der Waals surface area contributed by atoms with Crippen LogP contribution < -0.4 is 4.90 Å². The summed E-state index contributed by atoms with van der Waals surface area (Å²) in [5.41, 5.74) is 0.501. The molecule has 3 heterocycles. The standard InChI is InChI=1S/C18H22Cl2N6O2/c1-5-6-7-26-12-13(19)21-15(20)22-14(12)23-16(26)24-8-10-25(11-9-24)17(27)28-18(2,3)4/h7-11H2,1-4H3. The van der Waals surface area contributed by atoms with Crippen LogP contribution in [-0.2, 0) is 11.3 Å². The van der Waals surface area contributed by atoms with Crippen molar-refractivity contribution < 1.29 is 9.53 Å². The van der Waals surface area contributed by atoms with Crippen molar-refractivity contribution in [1.82, 2.24) is 24.4 Å². The third-order valence-electron chi connectivity index (χ3n) is 4.14. The van der Waals surface area contributed by atoms with E-state index in [1.54, 1.807) is 11.8 Å². The summed E-state index contributed by atoms with van der Waals surface area (Å²) in [4.78, 5) is 28.9. The van der Waals surface area contributed by atoms with Gasteiger partial charge in [-0.05, 0) is 39.3 Å². The Kier molecular flexibility index (Phi) is 5.87. The molecule has 1 saturated heterocycles. The molecule has 8 nitrogen and oxygen atoms in total. The summed E-state index contributed by atoms with van der Waals surface area (Å²) in [6, 6.07) is 0. The largest absolute Gasteiger partial charge is 0.444 e. The number of piperazine rings is 1. The highest BCUT2D eigenvalue weighted by Crippen LogP contribution is 2.28. The van der Waals surface area contributed by atoms with Gasteiger partial charge in [-0.3, -0.25) is 4.57 Å². The van der Waals surface area contributed by atoms with Gasteiger partial charge in [-0.15, -0.1) is 5.92 Å². The van der Waals surface area contributed by atoms with Crippen LogP contribution in [0.1, 0.15) is 27.7 Å². The van der Waals surface area contributed by atoms with Crippen molar-refractivity contribution in [2.45, 2.75) is 39.8 Å². The Balaban J connectivity index is 1.85. The third kappa shape index (κ3) is 4.42. The Morgan fingerprint density at radius 1 is 1.14 bits per heavy atom. The van der Waals surface area contributed by atoms with Crippen molar-refractivity contribution in [2.24, 2.45) is 0 Å². The lowest BCUT2D eigenvalue weighted by Crippen LogP contribution is -2.50. The summed E-state index contributed by atoms with van der Waals surface area (Å²) in [5.74, 6) is 6.59. The topological polar surface area (TPSA) is 76.4 Å². The van der Waals surface area contributed by atoms with Crippen LogP contribution in [0, 0.1) is 11.8 Å². The second-order valence-electron chi connectivity index (χ2n) is 7.33. The maximum Gasteiger partial charge on any atom is 0.410 e. The molecule has 3 rings (SSSR count). The highest BCUT2D eigenvalue weighted by Gasteiger charge is 2.28. The van der Waals surface area contributed by atoms with Crippen molar-refractivity contribution in [3.8, 4) is 11.8 Å². The zero-order valence-electron chi connectivity index (χ0n) is 16.3. The van der Waals surface area contributed by atoms with Gasteiger partial charge in [0.15, 0.2) is 10.8 Å². The number of ether oxygens (including phenoxy) is 1. The molecule has 0 atom stereocenters. The Hall–Kier alpha value is -2.24. The molecule has 0 radical (unpaired) electrons. The van der Waals surface area contributed by atoms with E-state index >= 15 is 0 Å². The molecule has 1 amide bonds. The molecular weight excluding hydrogens is 403 g/mol. The summed E-state index contributed by atoms with van der Waals surface area (Å²) in [6.45, 7) is 9.99. The van der Waals surface area contributed by atoms with E-state index in [1.807, 2.05) is 25.3 Å². The first-order valence-corrected chi connectivity index (χ1v) is 9.67. The third-order valence-corrected chi connectivity index (χ3v) is 4.57. The average molecular weight is 425 g/mol. The van der Waals surface area contributed by atoms with Crippen LogP contribution in [0.25, 0.3) is 11.2 Å². The fourth-order valence-electron chi connectivity index (χ4n) is 2.92. The van der Waals surface area contributed by atoms with Crippen molar-refractivity contribution in [3.63, 3.8) is 0 Å². The maximum atomic E-state index is 12.3. The van der Waals surface area contributed by atoms with Crippen LogP contribution >= 0.6 is 23.2 Å². The SMILES string of the molecule is CC#CCn1c(N2CCN(C(=O)OC(C)(C)C)CC2)nc2nc(Cl)nc(Cl)c21. The molecular formula is C18H22Cl2N6O2. The number of fused-ring (bicyclic) bond motifs is 1. The Bertz CT molecular complexity index is 949. The van der Waals surface area contributed by atoms with Gasteiger partial charge in [0, 0.05) is 26.2 Å². The fourth-order valence-corrected chi connectivity index (χ4v) is 3.40. The van der Waals surface area contributed by atoms with E-state index in [2.05, 4.69) is 31.7 Å². The Morgan fingerprint density at radius 3 is 2.43 bits per heavy atom. The number of halogens is 2. The normalized spacial score (nSPS) is 14.8. The van der Waals surface area contributed by atoms with Gasteiger partial charge >= 0.3 is 6.09 Å². The van der Waals surface area contributed by atoms with Crippen molar-refractivity contribution in [3.05, 3.63) is 10.4 Å². The number of aromatic nitrogens is 4. The molecule has 0 spiro atoms. The number of carbonyl (C=O) groups excluding carboxylic acids is 1. The minimum Gasteiger partial charge on any atom is -0.444 e. The van der Waals surface area contributed by atoms with Crippen LogP contribution in [0.3, 0.4) is 0 Å². The number of nitrogens with zero attached hydrogens (tertiary/aromatic N) is 6. The highest BCUT2D eigenvalue weighted by atomic mass is 35.5. The summed E-state index contributed by atoms with van der Waals surface area (Å²) in [5, 5.41) is 0.282. The molecule has 0 aromatic carbocycles. The molecule has 0 unspecified atom stereocenters. The van der Waals surface area contributed by atoms with E-state index in [-0.39, 0.29) is 16.5 Å². The minimum absolute atomic E-state index is 0.0463. The zero-order chi connectivity index (χ0) is 20.5. The van der Waals surface area contributed by atoms with Crippen molar-refractivity contribution in [1.29, 1.82) is 0 Å². The van der Waals surface area contributed by atoms with E-state index in [0.29, 0.717) is 49.8 Å². The molecule has 0 N–H and O–H groups in total. The van der Waals surface area contributed by atoms with Crippen molar-refractivity contribution >= 4 is 46.4 Å². The van der Waals surface area contributed by atoms with E-state index in [1.165, 1.54) is 0 Å². The summed E-state index contributed by atoms with van der Waals surface area (Å²) in [6.07, 6.45) is -0.307. The van der Waals surface area contributed by atoms with E-state index < -0.39 is 5.60 Å². The van der Waals surface area contributed by atoms with Gasteiger partial charge in [-0.2, -0.15) is 9.97 Å². The number of carbonyl (C=O) groups is 1. The van der Waals surface area contributed by atoms with Crippen LogP contribution in [-0.4, -0.2) is 62.3 Å². The molecule has 0 saturated carbocycles. The molecule has 2 aromatic heterocycles. The summed E-state index contributed by atoms with van der Waals surface area (Å²) in [7, 11) is 0. The lowest BCUT2D eigenvalue weighted by molar-refractivity contribution is 0.0240. The lowest BCUT2D eigenvalue weighted by Gasteiger charge is -2.36. The van der Waals surface area contributed by atoms with Crippen LogP contribution in [0.4, 0.5) is 10.7 Å². The predicted octanol–water partition coefficient (Wildman–Crippen LogP) is 3.21. The quantitative estimate of drug-likeness (QED) is 0.418. The van der Waals surface area contributed by atoms with Crippen LogP contribution in [0.2, 0.25) is 10.4 Å². The summed E-state index contributed by atoms with van der Waals surface area (Å²) >= 11 is 12.2.